The highest BCUT2D eigenvalue weighted by Gasteiger charge is 2.29. The maximum absolute atomic E-state index is 13.2. The van der Waals surface area contributed by atoms with Gasteiger partial charge in [0.2, 0.25) is 11.7 Å². The molecular formula is C25H33N3O6. The van der Waals surface area contributed by atoms with Crippen molar-refractivity contribution in [2.75, 3.05) is 20.3 Å². The minimum atomic E-state index is -0.639. The lowest BCUT2D eigenvalue weighted by atomic mass is 10.1. The average molecular weight is 472 g/mol. The van der Waals surface area contributed by atoms with Gasteiger partial charge in [-0.15, -0.1) is 0 Å². The van der Waals surface area contributed by atoms with Crippen molar-refractivity contribution in [1.82, 2.24) is 10.2 Å². The molecule has 0 fully saturated rings. The average Bonchev–Trinajstić information content (AvgIpc) is 2.85. The van der Waals surface area contributed by atoms with E-state index >= 15 is 0 Å². The highest BCUT2D eigenvalue weighted by Crippen LogP contribution is 2.30. The Balaban J connectivity index is 2.18. The number of benzene rings is 2. The summed E-state index contributed by atoms with van der Waals surface area (Å²) < 4.78 is 10.7. The van der Waals surface area contributed by atoms with Crippen molar-refractivity contribution in [3.63, 3.8) is 0 Å². The first kappa shape index (κ1) is 26.6. The van der Waals surface area contributed by atoms with Gasteiger partial charge in [0.15, 0.2) is 6.61 Å². The van der Waals surface area contributed by atoms with E-state index < -0.39 is 11.0 Å². The second-order valence-corrected chi connectivity index (χ2v) is 7.94. The third-order valence-electron chi connectivity index (χ3n) is 5.58. The normalized spacial score (nSPS) is 12.4. The highest BCUT2D eigenvalue weighted by molar-refractivity contribution is 5.88. The number of ether oxygens (including phenoxy) is 2. The van der Waals surface area contributed by atoms with E-state index in [1.807, 2.05) is 51.1 Å². The first-order valence-corrected chi connectivity index (χ1v) is 11.4. The second kappa shape index (κ2) is 13.2. The Bertz CT molecular complexity index is 966. The summed E-state index contributed by atoms with van der Waals surface area (Å²) in [5.74, 6) is -0.249. The number of carbonyl (C=O) groups excluding carboxylic acids is 2. The third-order valence-corrected chi connectivity index (χ3v) is 5.58. The molecule has 0 aromatic heterocycles. The summed E-state index contributed by atoms with van der Waals surface area (Å²) in [4.78, 5) is 38.2. The zero-order valence-corrected chi connectivity index (χ0v) is 20.2. The van der Waals surface area contributed by atoms with E-state index in [1.165, 1.54) is 25.3 Å². The van der Waals surface area contributed by atoms with Crippen LogP contribution in [0, 0.1) is 10.1 Å². The maximum Gasteiger partial charge on any atom is 0.311 e. The van der Waals surface area contributed by atoms with E-state index in [9.17, 15) is 19.7 Å². The van der Waals surface area contributed by atoms with Gasteiger partial charge < -0.3 is 19.7 Å². The van der Waals surface area contributed by atoms with Crippen LogP contribution in [0.15, 0.2) is 48.5 Å². The van der Waals surface area contributed by atoms with Crippen molar-refractivity contribution < 1.29 is 24.0 Å². The summed E-state index contributed by atoms with van der Waals surface area (Å²) in [6.45, 7) is 5.80. The molecular weight excluding hydrogens is 438 g/mol. The zero-order chi connectivity index (χ0) is 25.1. The van der Waals surface area contributed by atoms with Crippen LogP contribution in [0.5, 0.6) is 11.5 Å². The number of hydrogen-bond acceptors (Lipinski definition) is 6. The van der Waals surface area contributed by atoms with Gasteiger partial charge in [-0.1, -0.05) is 44.2 Å². The molecule has 2 aromatic rings. The number of methoxy groups -OCH3 is 1. The van der Waals surface area contributed by atoms with E-state index in [0.29, 0.717) is 19.4 Å². The Morgan fingerprint density at radius 2 is 1.82 bits per heavy atom. The number of nitrogens with one attached hydrogen (secondary N) is 1. The Morgan fingerprint density at radius 3 is 2.41 bits per heavy atom. The van der Waals surface area contributed by atoms with Gasteiger partial charge in [-0.2, -0.15) is 0 Å². The molecule has 9 nitrogen and oxygen atoms in total. The molecule has 9 heteroatoms. The van der Waals surface area contributed by atoms with Crippen LogP contribution in [-0.2, 0) is 16.0 Å². The number of nitrogens with zero attached hydrogens (tertiary/aromatic N) is 2. The van der Waals surface area contributed by atoms with Crippen LogP contribution in [0.2, 0.25) is 0 Å². The van der Waals surface area contributed by atoms with Crippen LogP contribution in [-0.4, -0.2) is 54.0 Å². The molecule has 0 bridgehead atoms. The lowest BCUT2D eigenvalue weighted by Crippen LogP contribution is -2.52. The minimum absolute atomic E-state index is 0.00329. The van der Waals surface area contributed by atoms with Crippen molar-refractivity contribution in [3.8, 4) is 11.5 Å². The first-order chi connectivity index (χ1) is 16.3. The Kier molecular flexibility index (Phi) is 10.3. The summed E-state index contributed by atoms with van der Waals surface area (Å²) in [7, 11) is 1.32. The van der Waals surface area contributed by atoms with Crippen molar-refractivity contribution in [3.05, 3.63) is 64.2 Å². The summed E-state index contributed by atoms with van der Waals surface area (Å²) in [5, 5.41) is 14.1. The van der Waals surface area contributed by atoms with Gasteiger partial charge in [-0.3, -0.25) is 19.7 Å². The number of nitro benzene ring substituents is 1. The molecule has 184 valence electrons. The SMILES string of the molecule is CC[C@@H](C)NC(=O)[C@@H](CC)N(CCc1ccccc1)C(=O)COc1ccc([N+](=O)[O-])c(OC)c1. The summed E-state index contributed by atoms with van der Waals surface area (Å²) in [6.07, 6.45) is 1.82. The zero-order valence-electron chi connectivity index (χ0n) is 20.2. The molecule has 34 heavy (non-hydrogen) atoms. The highest BCUT2D eigenvalue weighted by atomic mass is 16.6. The second-order valence-electron chi connectivity index (χ2n) is 7.94. The van der Waals surface area contributed by atoms with Gasteiger partial charge in [0.05, 0.1) is 12.0 Å². The molecule has 2 amide bonds. The van der Waals surface area contributed by atoms with Crippen LogP contribution in [0.25, 0.3) is 0 Å². The monoisotopic (exact) mass is 471 g/mol. The number of rotatable bonds is 13. The molecule has 2 aromatic carbocycles. The minimum Gasteiger partial charge on any atom is -0.490 e. The van der Waals surface area contributed by atoms with Crippen LogP contribution in [0.4, 0.5) is 5.69 Å². The van der Waals surface area contributed by atoms with E-state index in [2.05, 4.69) is 5.32 Å². The van der Waals surface area contributed by atoms with Gasteiger partial charge in [-0.25, -0.2) is 0 Å². The molecule has 0 heterocycles. The molecule has 2 rings (SSSR count). The molecule has 0 aliphatic rings. The van der Waals surface area contributed by atoms with Crippen LogP contribution < -0.4 is 14.8 Å². The van der Waals surface area contributed by atoms with Gasteiger partial charge in [0.1, 0.15) is 11.8 Å². The molecule has 1 N–H and O–H groups in total. The van der Waals surface area contributed by atoms with Crippen LogP contribution in [0.3, 0.4) is 0 Å². The summed E-state index contributed by atoms with van der Waals surface area (Å²) >= 11 is 0. The van der Waals surface area contributed by atoms with Gasteiger partial charge >= 0.3 is 5.69 Å². The molecule has 2 atom stereocenters. The van der Waals surface area contributed by atoms with Gasteiger partial charge in [0.25, 0.3) is 5.91 Å². The predicted molar refractivity (Wildman–Crippen MR) is 129 cm³/mol. The smallest absolute Gasteiger partial charge is 0.311 e. The van der Waals surface area contributed by atoms with Crippen molar-refractivity contribution in [2.24, 2.45) is 0 Å². The summed E-state index contributed by atoms with van der Waals surface area (Å²) in [5.41, 5.74) is 0.858. The van der Waals surface area contributed by atoms with Crippen LogP contribution in [0.1, 0.15) is 39.2 Å². The predicted octanol–water partition coefficient (Wildman–Crippen LogP) is 3.75. The fraction of sp³-hybridized carbons (Fsp3) is 0.440. The number of nitro groups is 1. The van der Waals surface area contributed by atoms with Crippen molar-refractivity contribution >= 4 is 17.5 Å². The molecule has 0 saturated heterocycles. The number of carbonyl (C=O) groups is 2. The Hall–Kier alpha value is -3.62. The lowest BCUT2D eigenvalue weighted by molar-refractivity contribution is -0.385. The number of amides is 2. The topological polar surface area (TPSA) is 111 Å². The quantitative estimate of drug-likeness (QED) is 0.352. The van der Waals surface area contributed by atoms with Gasteiger partial charge in [-0.05, 0) is 37.8 Å². The van der Waals surface area contributed by atoms with E-state index in [-0.39, 0.29) is 41.6 Å². The maximum atomic E-state index is 13.2. The standard InChI is InChI=1S/C25H33N3O6/c1-5-18(3)26-25(30)21(6-2)27(15-14-19-10-8-7-9-11-19)24(29)17-34-20-12-13-22(28(31)32)23(16-20)33-4/h7-13,16,18,21H,5-6,14-15,17H2,1-4H3,(H,26,30)/t18-,21-/m1/s1. The van der Waals surface area contributed by atoms with Crippen molar-refractivity contribution in [1.29, 1.82) is 0 Å². The van der Waals surface area contributed by atoms with E-state index in [0.717, 1.165) is 12.0 Å². The molecule has 0 saturated carbocycles. The fourth-order valence-electron chi connectivity index (χ4n) is 3.46. The van der Waals surface area contributed by atoms with E-state index in [4.69, 9.17) is 9.47 Å². The fourth-order valence-corrected chi connectivity index (χ4v) is 3.46. The molecule has 0 aliphatic carbocycles. The third kappa shape index (κ3) is 7.47. The Morgan fingerprint density at radius 1 is 1.12 bits per heavy atom. The molecule has 0 unspecified atom stereocenters. The van der Waals surface area contributed by atoms with Crippen molar-refractivity contribution in [2.45, 2.75) is 52.1 Å². The largest absolute Gasteiger partial charge is 0.490 e. The lowest BCUT2D eigenvalue weighted by Gasteiger charge is -2.31. The number of hydrogen-bond donors (Lipinski definition) is 1. The first-order valence-electron chi connectivity index (χ1n) is 11.4. The van der Waals surface area contributed by atoms with Crippen LogP contribution >= 0.6 is 0 Å². The molecule has 0 radical (unpaired) electrons. The Labute approximate surface area is 200 Å². The summed E-state index contributed by atoms with van der Waals surface area (Å²) in [6, 6.07) is 13.1. The van der Waals surface area contributed by atoms with E-state index in [1.54, 1.807) is 4.90 Å². The van der Waals surface area contributed by atoms with Gasteiger partial charge in [0, 0.05) is 24.7 Å². The molecule has 0 spiro atoms. The molecule has 0 aliphatic heterocycles.